The first kappa shape index (κ1) is 14.7. The van der Waals surface area contributed by atoms with Gasteiger partial charge in [0.05, 0.1) is 18.6 Å². The zero-order chi connectivity index (χ0) is 15.9. The Bertz CT molecular complexity index is 845. The van der Waals surface area contributed by atoms with Gasteiger partial charge in [-0.05, 0) is 6.26 Å². The number of hydrogen-bond acceptors (Lipinski definition) is 5. The number of nitrogens with zero attached hydrogens (tertiary/aromatic N) is 5. The molecule has 0 aromatic carbocycles. The van der Waals surface area contributed by atoms with Crippen molar-refractivity contribution in [1.82, 2.24) is 24.3 Å². The maximum atomic E-state index is 13.4. The molecule has 0 unspecified atom stereocenters. The van der Waals surface area contributed by atoms with Crippen LogP contribution in [-0.2, 0) is 6.18 Å². The molecule has 3 heterocycles. The number of alkyl halides is 3. The summed E-state index contributed by atoms with van der Waals surface area (Å²) in [7, 11) is 0. The van der Waals surface area contributed by atoms with Crippen molar-refractivity contribution >= 4 is 17.4 Å². The van der Waals surface area contributed by atoms with E-state index in [1.54, 1.807) is 6.26 Å². The van der Waals surface area contributed by atoms with Crippen LogP contribution in [0.3, 0.4) is 0 Å². The summed E-state index contributed by atoms with van der Waals surface area (Å²) in [5.41, 5.74) is -0.633. The van der Waals surface area contributed by atoms with Crippen molar-refractivity contribution < 1.29 is 17.6 Å². The lowest BCUT2D eigenvalue weighted by Crippen LogP contribution is -2.09. The van der Waals surface area contributed by atoms with Crippen molar-refractivity contribution in [3.05, 3.63) is 36.3 Å². The van der Waals surface area contributed by atoms with E-state index in [0.29, 0.717) is 0 Å². The molecule has 0 bridgehead atoms. The fourth-order valence-electron chi connectivity index (χ4n) is 1.82. The molecule has 3 rings (SSSR count). The quantitative estimate of drug-likeness (QED) is 0.411. The van der Waals surface area contributed by atoms with Gasteiger partial charge in [0.25, 0.3) is 0 Å². The van der Waals surface area contributed by atoms with Gasteiger partial charge in [-0.25, -0.2) is 24.3 Å². The normalized spacial score (nSPS) is 12.0. The Balaban J connectivity index is 2.19. The molecule has 3 aromatic heterocycles. The van der Waals surface area contributed by atoms with Crippen molar-refractivity contribution in [2.45, 2.75) is 11.2 Å². The molecule has 114 valence electrons. The molecule has 0 amide bonds. The highest BCUT2D eigenvalue weighted by Crippen LogP contribution is 2.29. The lowest BCUT2D eigenvalue weighted by molar-refractivity contribution is -0.141. The topological polar surface area (TPSA) is 56.0 Å². The van der Waals surface area contributed by atoms with Gasteiger partial charge >= 0.3 is 6.18 Å². The first-order valence-corrected chi connectivity index (χ1v) is 7.10. The van der Waals surface area contributed by atoms with E-state index in [9.17, 15) is 17.6 Å². The Morgan fingerprint density at radius 3 is 2.55 bits per heavy atom. The van der Waals surface area contributed by atoms with Crippen LogP contribution in [0.4, 0.5) is 17.6 Å². The summed E-state index contributed by atoms with van der Waals surface area (Å²) in [6.45, 7) is 0. The largest absolute Gasteiger partial charge is 0.434 e. The highest BCUT2D eigenvalue weighted by Gasteiger charge is 2.33. The second kappa shape index (κ2) is 5.20. The standard InChI is InChI=1S/C12H7F4N5S/c1-22-11-6(13)2-19-10(20-11)7-3-18-9-4-17-8(5-21(7)9)12(14,15)16/h2-5H,1H3. The average Bonchev–Trinajstić information content (AvgIpc) is 2.90. The van der Waals surface area contributed by atoms with Gasteiger partial charge < -0.3 is 0 Å². The number of thioether (sulfide) groups is 1. The van der Waals surface area contributed by atoms with E-state index in [2.05, 4.69) is 19.9 Å². The van der Waals surface area contributed by atoms with Crippen LogP contribution in [0.15, 0.2) is 29.8 Å². The smallest absolute Gasteiger partial charge is 0.293 e. The molecular formula is C12H7F4N5S. The number of imidazole rings is 1. The van der Waals surface area contributed by atoms with Crippen LogP contribution in [0, 0.1) is 5.82 Å². The van der Waals surface area contributed by atoms with Crippen molar-refractivity contribution in [3.8, 4) is 11.5 Å². The Hall–Kier alpha value is -2.23. The van der Waals surface area contributed by atoms with E-state index in [1.807, 2.05) is 0 Å². The maximum absolute atomic E-state index is 13.4. The molecule has 3 aromatic rings. The SMILES string of the molecule is CSc1nc(-c2cnc3cnc(C(F)(F)F)cn23)ncc1F. The van der Waals surface area contributed by atoms with Gasteiger partial charge in [0.1, 0.15) is 10.7 Å². The minimum Gasteiger partial charge on any atom is -0.293 e. The third-order valence-electron chi connectivity index (χ3n) is 2.82. The van der Waals surface area contributed by atoms with Crippen molar-refractivity contribution in [3.63, 3.8) is 0 Å². The Morgan fingerprint density at radius 1 is 1.09 bits per heavy atom. The second-order valence-electron chi connectivity index (χ2n) is 4.19. The lowest BCUT2D eigenvalue weighted by Gasteiger charge is -2.07. The van der Waals surface area contributed by atoms with Crippen molar-refractivity contribution in [2.24, 2.45) is 0 Å². The number of aromatic nitrogens is 5. The van der Waals surface area contributed by atoms with Crippen LogP contribution in [0.2, 0.25) is 0 Å². The van der Waals surface area contributed by atoms with Crippen LogP contribution in [0.1, 0.15) is 5.69 Å². The fraction of sp³-hybridized carbons (Fsp3) is 0.167. The van der Waals surface area contributed by atoms with Crippen molar-refractivity contribution in [2.75, 3.05) is 6.26 Å². The van der Waals surface area contributed by atoms with Gasteiger partial charge in [-0.1, -0.05) is 0 Å². The van der Waals surface area contributed by atoms with Crippen molar-refractivity contribution in [1.29, 1.82) is 0 Å². The molecule has 0 N–H and O–H groups in total. The molecule has 0 aliphatic rings. The summed E-state index contributed by atoms with van der Waals surface area (Å²) in [6.07, 6.45) is 1.15. The van der Waals surface area contributed by atoms with Crippen LogP contribution in [-0.4, -0.2) is 30.6 Å². The van der Waals surface area contributed by atoms with E-state index in [4.69, 9.17) is 0 Å². The second-order valence-corrected chi connectivity index (χ2v) is 4.99. The summed E-state index contributed by atoms with van der Waals surface area (Å²) >= 11 is 1.07. The number of rotatable bonds is 2. The summed E-state index contributed by atoms with van der Waals surface area (Å²) in [6, 6.07) is 0. The Labute approximate surface area is 125 Å². The molecule has 0 aliphatic heterocycles. The third kappa shape index (κ3) is 2.49. The van der Waals surface area contributed by atoms with Gasteiger partial charge in [0.2, 0.25) is 0 Å². The van der Waals surface area contributed by atoms with E-state index < -0.39 is 17.7 Å². The predicted molar refractivity (Wildman–Crippen MR) is 70.8 cm³/mol. The van der Waals surface area contributed by atoms with E-state index in [0.717, 1.165) is 30.4 Å². The van der Waals surface area contributed by atoms with Gasteiger partial charge in [-0.15, -0.1) is 11.8 Å². The zero-order valence-electron chi connectivity index (χ0n) is 11.0. The van der Waals surface area contributed by atoms with Gasteiger partial charge in [-0.2, -0.15) is 13.2 Å². The Kier molecular flexibility index (Phi) is 3.47. The van der Waals surface area contributed by atoms with Crippen LogP contribution in [0.25, 0.3) is 17.2 Å². The maximum Gasteiger partial charge on any atom is 0.434 e. The van der Waals surface area contributed by atoms with Crippen LogP contribution < -0.4 is 0 Å². The predicted octanol–water partition coefficient (Wildman–Crippen LogP) is 3.07. The molecule has 0 saturated carbocycles. The van der Waals surface area contributed by atoms with E-state index >= 15 is 0 Å². The number of hydrogen-bond donors (Lipinski definition) is 0. The number of fused-ring (bicyclic) bond motifs is 1. The monoisotopic (exact) mass is 329 g/mol. The lowest BCUT2D eigenvalue weighted by atomic mass is 10.4. The molecule has 0 radical (unpaired) electrons. The fourth-order valence-corrected chi connectivity index (χ4v) is 2.24. The van der Waals surface area contributed by atoms with Crippen LogP contribution in [0.5, 0.6) is 0 Å². The minimum absolute atomic E-state index is 0.0811. The summed E-state index contributed by atoms with van der Waals surface area (Å²) in [5.74, 6) is -0.514. The molecule has 0 spiro atoms. The minimum atomic E-state index is -4.58. The average molecular weight is 329 g/mol. The van der Waals surface area contributed by atoms with Gasteiger partial charge in [-0.3, -0.25) is 4.40 Å². The number of halogens is 4. The summed E-state index contributed by atoms with van der Waals surface area (Å²) < 4.78 is 52.8. The summed E-state index contributed by atoms with van der Waals surface area (Å²) in [4.78, 5) is 15.1. The molecule has 22 heavy (non-hydrogen) atoms. The Morgan fingerprint density at radius 2 is 1.86 bits per heavy atom. The first-order valence-electron chi connectivity index (χ1n) is 5.87. The highest BCUT2D eigenvalue weighted by molar-refractivity contribution is 7.98. The zero-order valence-corrected chi connectivity index (χ0v) is 11.8. The molecule has 0 saturated heterocycles. The molecule has 0 aliphatic carbocycles. The molecule has 0 atom stereocenters. The summed E-state index contributed by atoms with van der Waals surface area (Å²) in [5, 5.41) is 0.102. The third-order valence-corrected chi connectivity index (χ3v) is 3.49. The van der Waals surface area contributed by atoms with Crippen LogP contribution >= 0.6 is 11.8 Å². The molecule has 5 nitrogen and oxygen atoms in total. The first-order chi connectivity index (χ1) is 10.4. The molecule has 10 heteroatoms. The molecule has 0 fully saturated rings. The van der Waals surface area contributed by atoms with E-state index in [-0.39, 0.29) is 22.2 Å². The van der Waals surface area contributed by atoms with Gasteiger partial charge in [0, 0.05) is 6.20 Å². The van der Waals surface area contributed by atoms with Gasteiger partial charge in [0.15, 0.2) is 23.0 Å². The molecular weight excluding hydrogens is 322 g/mol. The van der Waals surface area contributed by atoms with E-state index in [1.165, 1.54) is 10.6 Å². The highest BCUT2D eigenvalue weighted by atomic mass is 32.2.